The number of anilines is 1. The third-order valence-corrected chi connectivity index (χ3v) is 3.60. The Hall–Kier alpha value is -1.13. The molecule has 2 aromatic rings. The van der Waals surface area contributed by atoms with Gasteiger partial charge in [-0.15, -0.1) is 0 Å². The van der Waals surface area contributed by atoms with Crippen LogP contribution in [-0.4, -0.2) is 17.6 Å². The van der Waals surface area contributed by atoms with E-state index in [9.17, 15) is 0 Å². The van der Waals surface area contributed by atoms with Crippen molar-refractivity contribution in [2.75, 3.05) is 11.9 Å². The lowest BCUT2D eigenvalue weighted by atomic mass is 10.2. The molecule has 86 valence electrons. The van der Waals surface area contributed by atoms with Crippen molar-refractivity contribution in [1.29, 1.82) is 0 Å². The van der Waals surface area contributed by atoms with Crippen LogP contribution in [0.4, 0.5) is 5.13 Å². The Morgan fingerprint density at radius 3 is 3.00 bits per heavy atom. The first-order chi connectivity index (χ1) is 7.79. The average molecular weight is 235 g/mol. The first-order valence-corrected chi connectivity index (χ1v) is 6.46. The molecule has 1 aromatic heterocycles. The van der Waals surface area contributed by atoms with Crippen molar-refractivity contribution in [3.05, 3.63) is 24.3 Å². The SMILES string of the molecule is CCC(N)CCNc1nc2ccccc2s1. The van der Waals surface area contributed by atoms with Crippen molar-refractivity contribution in [3.63, 3.8) is 0 Å². The Labute approximate surface area is 99.7 Å². The second kappa shape index (κ2) is 5.27. The molecular formula is C12H17N3S. The highest BCUT2D eigenvalue weighted by Gasteiger charge is 2.03. The Kier molecular flexibility index (Phi) is 3.74. The van der Waals surface area contributed by atoms with Gasteiger partial charge in [-0.05, 0) is 25.0 Å². The first kappa shape index (κ1) is 11.4. The highest BCUT2D eigenvalue weighted by molar-refractivity contribution is 7.22. The minimum Gasteiger partial charge on any atom is -0.361 e. The molecular weight excluding hydrogens is 218 g/mol. The fourth-order valence-corrected chi connectivity index (χ4v) is 2.41. The van der Waals surface area contributed by atoms with Crippen molar-refractivity contribution < 1.29 is 0 Å². The molecule has 0 radical (unpaired) electrons. The zero-order valence-corrected chi connectivity index (χ0v) is 10.3. The summed E-state index contributed by atoms with van der Waals surface area (Å²) in [6, 6.07) is 8.47. The number of hydrogen-bond acceptors (Lipinski definition) is 4. The Morgan fingerprint density at radius 1 is 1.44 bits per heavy atom. The maximum Gasteiger partial charge on any atom is 0.183 e. The summed E-state index contributed by atoms with van der Waals surface area (Å²) in [7, 11) is 0. The quantitative estimate of drug-likeness (QED) is 0.838. The number of fused-ring (bicyclic) bond motifs is 1. The molecule has 0 spiro atoms. The molecule has 1 unspecified atom stereocenters. The maximum absolute atomic E-state index is 5.86. The van der Waals surface area contributed by atoms with E-state index in [4.69, 9.17) is 5.73 Å². The zero-order valence-electron chi connectivity index (χ0n) is 9.44. The van der Waals surface area contributed by atoms with Crippen LogP contribution in [-0.2, 0) is 0 Å². The van der Waals surface area contributed by atoms with Crippen LogP contribution >= 0.6 is 11.3 Å². The van der Waals surface area contributed by atoms with E-state index in [0.29, 0.717) is 6.04 Å². The van der Waals surface area contributed by atoms with Crippen LogP contribution in [0.15, 0.2) is 24.3 Å². The molecule has 0 saturated heterocycles. The normalized spacial score (nSPS) is 12.9. The second-order valence-electron chi connectivity index (χ2n) is 3.87. The fourth-order valence-electron chi connectivity index (χ4n) is 1.52. The van der Waals surface area contributed by atoms with Crippen molar-refractivity contribution in [1.82, 2.24) is 4.98 Å². The summed E-state index contributed by atoms with van der Waals surface area (Å²) in [5.41, 5.74) is 6.92. The highest BCUT2D eigenvalue weighted by Crippen LogP contribution is 2.25. The Morgan fingerprint density at radius 2 is 2.25 bits per heavy atom. The molecule has 2 rings (SSSR count). The number of benzene rings is 1. The smallest absolute Gasteiger partial charge is 0.183 e. The van der Waals surface area contributed by atoms with Crippen molar-refractivity contribution in [2.45, 2.75) is 25.8 Å². The second-order valence-corrected chi connectivity index (χ2v) is 4.90. The summed E-state index contributed by atoms with van der Waals surface area (Å²) in [6.07, 6.45) is 2.02. The molecule has 1 atom stereocenters. The molecule has 0 saturated carbocycles. The molecule has 0 aliphatic rings. The zero-order chi connectivity index (χ0) is 11.4. The van der Waals surface area contributed by atoms with Crippen molar-refractivity contribution in [2.24, 2.45) is 5.73 Å². The third kappa shape index (κ3) is 2.71. The van der Waals surface area contributed by atoms with Crippen LogP contribution in [0.2, 0.25) is 0 Å². The van der Waals surface area contributed by atoms with Gasteiger partial charge < -0.3 is 11.1 Å². The first-order valence-electron chi connectivity index (χ1n) is 5.64. The van der Waals surface area contributed by atoms with Gasteiger partial charge >= 0.3 is 0 Å². The van der Waals surface area contributed by atoms with Gasteiger partial charge in [-0.3, -0.25) is 0 Å². The number of nitrogens with one attached hydrogen (secondary N) is 1. The predicted octanol–water partition coefficient (Wildman–Crippen LogP) is 2.84. The van der Waals surface area contributed by atoms with Gasteiger partial charge in [0, 0.05) is 12.6 Å². The fraction of sp³-hybridized carbons (Fsp3) is 0.417. The third-order valence-electron chi connectivity index (χ3n) is 2.61. The van der Waals surface area contributed by atoms with E-state index in [0.717, 1.165) is 30.0 Å². The van der Waals surface area contributed by atoms with Gasteiger partial charge in [-0.25, -0.2) is 4.98 Å². The summed E-state index contributed by atoms with van der Waals surface area (Å²) >= 11 is 1.69. The van der Waals surface area contributed by atoms with E-state index >= 15 is 0 Å². The van der Waals surface area contributed by atoms with Gasteiger partial charge in [-0.2, -0.15) is 0 Å². The van der Waals surface area contributed by atoms with Gasteiger partial charge in [0.2, 0.25) is 0 Å². The molecule has 1 heterocycles. The molecule has 0 aliphatic carbocycles. The maximum atomic E-state index is 5.86. The van der Waals surface area contributed by atoms with Crippen LogP contribution in [0, 0.1) is 0 Å². The number of nitrogens with two attached hydrogens (primary N) is 1. The summed E-state index contributed by atoms with van der Waals surface area (Å²) in [6.45, 7) is 3.01. The molecule has 16 heavy (non-hydrogen) atoms. The van der Waals surface area contributed by atoms with E-state index in [2.05, 4.69) is 23.3 Å². The number of rotatable bonds is 5. The number of para-hydroxylation sites is 1. The predicted molar refractivity (Wildman–Crippen MR) is 71.0 cm³/mol. The number of aromatic nitrogens is 1. The van der Waals surface area contributed by atoms with E-state index < -0.39 is 0 Å². The molecule has 0 bridgehead atoms. The van der Waals surface area contributed by atoms with Gasteiger partial charge in [0.1, 0.15) is 0 Å². The molecule has 0 amide bonds. The van der Waals surface area contributed by atoms with E-state index in [-0.39, 0.29) is 0 Å². The van der Waals surface area contributed by atoms with E-state index in [1.807, 2.05) is 18.2 Å². The number of nitrogens with zero attached hydrogens (tertiary/aromatic N) is 1. The monoisotopic (exact) mass is 235 g/mol. The molecule has 0 fully saturated rings. The standard InChI is InChI=1S/C12H17N3S/c1-2-9(13)7-8-14-12-15-10-5-3-4-6-11(10)16-12/h3-6,9H,2,7-8,13H2,1H3,(H,14,15). The van der Waals surface area contributed by atoms with Gasteiger partial charge in [0.05, 0.1) is 10.2 Å². The number of hydrogen-bond donors (Lipinski definition) is 2. The summed E-state index contributed by atoms with van der Waals surface area (Å²) in [5.74, 6) is 0. The van der Waals surface area contributed by atoms with Crippen LogP contribution in [0.3, 0.4) is 0 Å². The van der Waals surface area contributed by atoms with Crippen LogP contribution in [0.5, 0.6) is 0 Å². The van der Waals surface area contributed by atoms with Crippen molar-refractivity contribution in [3.8, 4) is 0 Å². The van der Waals surface area contributed by atoms with Gasteiger partial charge in [-0.1, -0.05) is 30.4 Å². The Bertz CT molecular complexity index is 419. The summed E-state index contributed by atoms with van der Waals surface area (Å²) < 4.78 is 1.23. The highest BCUT2D eigenvalue weighted by atomic mass is 32.1. The van der Waals surface area contributed by atoms with Gasteiger partial charge in [0.15, 0.2) is 5.13 Å². The lowest BCUT2D eigenvalue weighted by molar-refractivity contribution is 0.613. The molecule has 3 nitrogen and oxygen atoms in total. The minimum atomic E-state index is 0.293. The Balaban J connectivity index is 1.94. The molecule has 0 aliphatic heterocycles. The van der Waals surface area contributed by atoms with Crippen LogP contribution in [0.1, 0.15) is 19.8 Å². The summed E-state index contributed by atoms with van der Waals surface area (Å²) in [4.78, 5) is 4.50. The van der Waals surface area contributed by atoms with Crippen molar-refractivity contribution >= 4 is 26.7 Å². The number of thiazole rings is 1. The molecule has 3 N–H and O–H groups in total. The topological polar surface area (TPSA) is 50.9 Å². The van der Waals surface area contributed by atoms with E-state index in [1.54, 1.807) is 11.3 Å². The lowest BCUT2D eigenvalue weighted by Gasteiger charge is -2.07. The van der Waals surface area contributed by atoms with Gasteiger partial charge in [0.25, 0.3) is 0 Å². The summed E-state index contributed by atoms with van der Waals surface area (Å²) in [5, 5.41) is 4.32. The molecule has 4 heteroatoms. The molecule has 1 aromatic carbocycles. The van der Waals surface area contributed by atoms with Crippen LogP contribution in [0.25, 0.3) is 10.2 Å². The average Bonchev–Trinajstić information content (AvgIpc) is 2.71. The minimum absolute atomic E-state index is 0.293. The van der Waals surface area contributed by atoms with E-state index in [1.165, 1.54) is 4.70 Å². The lowest BCUT2D eigenvalue weighted by Crippen LogP contribution is -2.22. The largest absolute Gasteiger partial charge is 0.361 e. The van der Waals surface area contributed by atoms with Crippen LogP contribution < -0.4 is 11.1 Å².